The zero-order valence-electron chi connectivity index (χ0n) is 10.8. The molecule has 0 aliphatic heterocycles. The number of nitrogens with one attached hydrogen (secondary N) is 1. The molecule has 0 aliphatic rings. The number of aromatic nitrogens is 1. The number of nitrogens with zero attached hydrogens (tertiary/aromatic N) is 2. The fourth-order valence-corrected chi connectivity index (χ4v) is 2.28. The molecule has 4 nitrogen and oxygen atoms in total. The SMILES string of the molecule is CC(C)c1csc(C(=O)N/N=C\c2ccccc2)n1. The van der Waals surface area contributed by atoms with E-state index in [2.05, 4.69) is 15.5 Å². The summed E-state index contributed by atoms with van der Waals surface area (Å²) in [5.74, 6) is 0.0506. The molecular weight excluding hydrogens is 258 g/mol. The Morgan fingerprint density at radius 1 is 1.37 bits per heavy atom. The van der Waals surface area contributed by atoms with Crippen LogP contribution in [0.2, 0.25) is 0 Å². The maximum Gasteiger partial charge on any atom is 0.300 e. The van der Waals surface area contributed by atoms with Crippen molar-refractivity contribution in [1.29, 1.82) is 0 Å². The van der Waals surface area contributed by atoms with E-state index < -0.39 is 0 Å². The summed E-state index contributed by atoms with van der Waals surface area (Å²) in [4.78, 5) is 16.1. The Labute approximate surface area is 116 Å². The molecule has 1 aromatic heterocycles. The minimum atomic E-state index is -0.274. The average Bonchev–Trinajstić information content (AvgIpc) is 2.89. The minimum absolute atomic E-state index is 0.274. The van der Waals surface area contributed by atoms with Crippen molar-refractivity contribution in [1.82, 2.24) is 10.4 Å². The van der Waals surface area contributed by atoms with Crippen molar-refractivity contribution < 1.29 is 4.79 Å². The second kappa shape index (κ2) is 6.24. The van der Waals surface area contributed by atoms with E-state index in [9.17, 15) is 4.79 Å². The average molecular weight is 273 g/mol. The molecule has 2 rings (SSSR count). The van der Waals surface area contributed by atoms with E-state index >= 15 is 0 Å². The summed E-state index contributed by atoms with van der Waals surface area (Å²) in [5.41, 5.74) is 4.35. The van der Waals surface area contributed by atoms with Crippen LogP contribution in [0.15, 0.2) is 40.8 Å². The van der Waals surface area contributed by atoms with E-state index in [1.165, 1.54) is 11.3 Å². The molecule has 0 fully saturated rings. The largest absolute Gasteiger partial charge is 0.300 e. The van der Waals surface area contributed by atoms with Crippen molar-refractivity contribution in [2.24, 2.45) is 5.10 Å². The lowest BCUT2D eigenvalue weighted by atomic mass is 10.2. The molecule has 0 unspecified atom stereocenters. The first-order valence-corrected chi connectivity index (χ1v) is 6.88. The lowest BCUT2D eigenvalue weighted by Gasteiger charge is -1.97. The molecule has 0 saturated carbocycles. The van der Waals surface area contributed by atoms with Gasteiger partial charge in [0.25, 0.3) is 5.91 Å². The van der Waals surface area contributed by atoms with Crippen LogP contribution in [-0.2, 0) is 0 Å². The van der Waals surface area contributed by atoms with Gasteiger partial charge in [-0.05, 0) is 11.5 Å². The molecule has 1 heterocycles. The molecule has 98 valence electrons. The number of carbonyl (C=O) groups is 1. The molecule has 0 bridgehead atoms. The standard InChI is InChI=1S/C14H15N3OS/c1-10(2)12-9-19-14(16-12)13(18)17-15-8-11-6-4-3-5-7-11/h3-10H,1-2H3,(H,17,18)/b15-8-. The van der Waals surface area contributed by atoms with E-state index in [1.54, 1.807) is 6.21 Å². The number of hydrogen-bond donors (Lipinski definition) is 1. The summed E-state index contributed by atoms with van der Waals surface area (Å²) in [6, 6.07) is 9.59. The van der Waals surface area contributed by atoms with Gasteiger partial charge in [0, 0.05) is 5.38 Å². The van der Waals surface area contributed by atoms with Gasteiger partial charge >= 0.3 is 0 Å². The first-order chi connectivity index (χ1) is 9.16. The topological polar surface area (TPSA) is 54.4 Å². The normalized spacial score (nSPS) is 11.1. The fourth-order valence-electron chi connectivity index (χ4n) is 1.41. The number of hydrazone groups is 1. The highest BCUT2D eigenvalue weighted by Crippen LogP contribution is 2.17. The van der Waals surface area contributed by atoms with Gasteiger partial charge in [-0.25, -0.2) is 10.4 Å². The van der Waals surface area contributed by atoms with E-state index in [0.717, 1.165) is 11.3 Å². The summed E-state index contributed by atoms with van der Waals surface area (Å²) in [6.07, 6.45) is 1.61. The summed E-state index contributed by atoms with van der Waals surface area (Å²) in [5, 5.41) is 6.26. The summed E-state index contributed by atoms with van der Waals surface area (Å²) >= 11 is 1.34. The fraction of sp³-hybridized carbons (Fsp3) is 0.214. The zero-order chi connectivity index (χ0) is 13.7. The Morgan fingerprint density at radius 2 is 2.11 bits per heavy atom. The maximum atomic E-state index is 11.8. The van der Waals surface area contributed by atoms with Crippen molar-refractivity contribution in [3.8, 4) is 0 Å². The van der Waals surface area contributed by atoms with Crippen LogP contribution < -0.4 is 5.43 Å². The van der Waals surface area contributed by atoms with Crippen molar-refractivity contribution >= 4 is 23.5 Å². The molecule has 0 spiro atoms. The van der Waals surface area contributed by atoms with Crippen LogP contribution in [0, 0.1) is 0 Å². The molecule has 1 amide bonds. The highest BCUT2D eigenvalue weighted by atomic mass is 32.1. The Morgan fingerprint density at radius 3 is 2.74 bits per heavy atom. The van der Waals surface area contributed by atoms with Crippen LogP contribution in [0.25, 0.3) is 0 Å². The van der Waals surface area contributed by atoms with Crippen LogP contribution in [0.3, 0.4) is 0 Å². The molecule has 1 aromatic carbocycles. The van der Waals surface area contributed by atoms with Gasteiger partial charge in [0.15, 0.2) is 5.01 Å². The third-order valence-electron chi connectivity index (χ3n) is 2.49. The summed E-state index contributed by atoms with van der Waals surface area (Å²) < 4.78 is 0. The van der Waals surface area contributed by atoms with E-state index in [1.807, 2.05) is 49.6 Å². The lowest BCUT2D eigenvalue weighted by molar-refractivity contribution is 0.0954. The monoisotopic (exact) mass is 273 g/mol. The number of benzene rings is 1. The van der Waals surface area contributed by atoms with Crippen molar-refractivity contribution in [3.63, 3.8) is 0 Å². The number of rotatable bonds is 4. The number of amides is 1. The second-order valence-electron chi connectivity index (χ2n) is 4.34. The lowest BCUT2D eigenvalue weighted by Crippen LogP contribution is -2.17. The Bertz CT molecular complexity index is 575. The van der Waals surface area contributed by atoms with Gasteiger partial charge in [0.1, 0.15) is 0 Å². The van der Waals surface area contributed by atoms with Gasteiger partial charge in [-0.3, -0.25) is 4.79 Å². The van der Waals surface area contributed by atoms with E-state index in [0.29, 0.717) is 10.9 Å². The van der Waals surface area contributed by atoms with Gasteiger partial charge < -0.3 is 0 Å². The van der Waals surface area contributed by atoms with Crippen LogP contribution >= 0.6 is 11.3 Å². The third-order valence-corrected chi connectivity index (χ3v) is 3.35. The van der Waals surface area contributed by atoms with Gasteiger partial charge in [-0.15, -0.1) is 11.3 Å². The second-order valence-corrected chi connectivity index (χ2v) is 5.20. The van der Waals surface area contributed by atoms with Crippen molar-refractivity contribution in [2.45, 2.75) is 19.8 Å². The molecule has 0 saturated heterocycles. The highest BCUT2D eigenvalue weighted by molar-refractivity contribution is 7.11. The van der Waals surface area contributed by atoms with Gasteiger partial charge in [-0.2, -0.15) is 5.10 Å². The molecule has 1 N–H and O–H groups in total. The number of carbonyl (C=O) groups excluding carboxylic acids is 1. The third kappa shape index (κ3) is 3.72. The van der Waals surface area contributed by atoms with E-state index in [4.69, 9.17) is 0 Å². The Hall–Kier alpha value is -2.01. The van der Waals surface area contributed by atoms with Crippen LogP contribution in [0.1, 0.15) is 40.8 Å². The van der Waals surface area contributed by atoms with Crippen LogP contribution in [-0.4, -0.2) is 17.1 Å². The predicted octanol–water partition coefficient (Wildman–Crippen LogP) is 3.03. The first kappa shape index (κ1) is 13.4. The summed E-state index contributed by atoms with van der Waals surface area (Å²) in [6.45, 7) is 4.09. The van der Waals surface area contributed by atoms with Crippen molar-refractivity contribution in [2.75, 3.05) is 0 Å². The Kier molecular flexibility index (Phi) is 4.41. The molecule has 2 aromatic rings. The molecule has 0 atom stereocenters. The van der Waals surface area contributed by atoms with Gasteiger partial charge in [-0.1, -0.05) is 44.2 Å². The smallest absolute Gasteiger partial charge is 0.265 e. The first-order valence-electron chi connectivity index (χ1n) is 6.00. The molecule has 0 radical (unpaired) electrons. The maximum absolute atomic E-state index is 11.8. The Balaban J connectivity index is 1.96. The number of thiazole rings is 1. The van der Waals surface area contributed by atoms with Crippen molar-refractivity contribution in [3.05, 3.63) is 52.0 Å². The minimum Gasteiger partial charge on any atom is -0.265 e. The quantitative estimate of drug-likeness (QED) is 0.687. The molecule has 5 heteroatoms. The molecular formula is C14H15N3OS. The van der Waals surface area contributed by atoms with Gasteiger partial charge in [0.2, 0.25) is 0 Å². The predicted molar refractivity (Wildman–Crippen MR) is 77.7 cm³/mol. The molecule has 19 heavy (non-hydrogen) atoms. The van der Waals surface area contributed by atoms with Crippen LogP contribution in [0.5, 0.6) is 0 Å². The highest BCUT2D eigenvalue weighted by Gasteiger charge is 2.11. The van der Waals surface area contributed by atoms with E-state index in [-0.39, 0.29) is 5.91 Å². The van der Waals surface area contributed by atoms with Gasteiger partial charge in [0.05, 0.1) is 11.9 Å². The molecule has 0 aliphatic carbocycles. The number of hydrogen-bond acceptors (Lipinski definition) is 4. The summed E-state index contributed by atoms with van der Waals surface area (Å²) in [7, 11) is 0. The zero-order valence-corrected chi connectivity index (χ0v) is 11.6. The van der Waals surface area contributed by atoms with Crippen LogP contribution in [0.4, 0.5) is 0 Å².